The van der Waals surface area contributed by atoms with Gasteiger partial charge in [-0.3, -0.25) is 10.8 Å². The van der Waals surface area contributed by atoms with E-state index in [0.29, 0.717) is 26.1 Å². The van der Waals surface area contributed by atoms with Gasteiger partial charge in [0, 0.05) is 12.8 Å². The Balaban J connectivity index is 3.11. The fourth-order valence-electron chi connectivity index (χ4n) is 0.711. The normalized spacial score (nSPS) is 9.73. The van der Waals surface area contributed by atoms with E-state index in [1.807, 2.05) is 0 Å². The monoisotopic (exact) mass is 218 g/mol. The molecule has 6 nitrogen and oxygen atoms in total. The van der Waals surface area contributed by atoms with Crippen molar-refractivity contribution in [3.05, 3.63) is 0 Å². The molecule has 2 N–H and O–H groups in total. The molecule has 0 saturated heterocycles. The van der Waals surface area contributed by atoms with E-state index in [2.05, 4.69) is 9.47 Å². The Morgan fingerprint density at radius 2 is 1.27 bits per heavy atom. The van der Waals surface area contributed by atoms with Crippen molar-refractivity contribution in [3.8, 4) is 0 Å². The highest BCUT2D eigenvalue weighted by Crippen LogP contribution is 1.90. The molecule has 0 fully saturated rings. The van der Waals surface area contributed by atoms with E-state index < -0.39 is 0 Å². The van der Waals surface area contributed by atoms with Gasteiger partial charge in [0.05, 0.1) is 27.4 Å². The third-order valence-corrected chi connectivity index (χ3v) is 1.61. The molecular formula is C9H18N2O4. The summed E-state index contributed by atoms with van der Waals surface area (Å²) in [6.45, 7) is 0.955. The quantitative estimate of drug-likeness (QED) is 0.275. The van der Waals surface area contributed by atoms with Crippen LogP contribution in [0.25, 0.3) is 0 Å². The Labute approximate surface area is 89.5 Å². The summed E-state index contributed by atoms with van der Waals surface area (Å²) in [5.41, 5.74) is 0. The first kappa shape index (κ1) is 13.9. The minimum Gasteiger partial charge on any atom is -0.484 e. The molecule has 0 atom stereocenters. The van der Waals surface area contributed by atoms with Crippen LogP contribution >= 0.6 is 0 Å². The second-order valence-electron chi connectivity index (χ2n) is 2.69. The lowest BCUT2D eigenvalue weighted by Gasteiger charge is -2.06. The van der Waals surface area contributed by atoms with Gasteiger partial charge in [0.1, 0.15) is 6.79 Å². The molecule has 0 aliphatic rings. The average Bonchev–Trinajstić information content (AvgIpc) is 2.26. The third kappa shape index (κ3) is 9.17. The van der Waals surface area contributed by atoms with Crippen molar-refractivity contribution in [2.45, 2.75) is 12.8 Å². The Hall–Kier alpha value is -1.14. The third-order valence-electron chi connectivity index (χ3n) is 1.61. The van der Waals surface area contributed by atoms with Crippen molar-refractivity contribution in [2.75, 3.05) is 34.2 Å². The van der Waals surface area contributed by atoms with Gasteiger partial charge in [-0.25, -0.2) is 0 Å². The van der Waals surface area contributed by atoms with Crippen LogP contribution in [0.15, 0.2) is 0 Å². The Morgan fingerprint density at radius 3 is 1.60 bits per heavy atom. The van der Waals surface area contributed by atoms with E-state index in [-0.39, 0.29) is 18.6 Å². The minimum absolute atomic E-state index is 0.161. The van der Waals surface area contributed by atoms with Crippen LogP contribution in [-0.2, 0) is 18.9 Å². The van der Waals surface area contributed by atoms with Gasteiger partial charge >= 0.3 is 0 Å². The zero-order valence-electron chi connectivity index (χ0n) is 9.17. The molecule has 0 rings (SSSR count). The van der Waals surface area contributed by atoms with Crippen molar-refractivity contribution < 1.29 is 18.9 Å². The summed E-state index contributed by atoms with van der Waals surface area (Å²) < 4.78 is 19.4. The molecule has 0 saturated carbocycles. The van der Waals surface area contributed by atoms with E-state index >= 15 is 0 Å². The fourth-order valence-corrected chi connectivity index (χ4v) is 0.711. The maximum absolute atomic E-state index is 7.15. The molecular weight excluding hydrogens is 200 g/mol. The second kappa shape index (κ2) is 9.42. The highest BCUT2D eigenvalue weighted by Gasteiger charge is 1.97. The van der Waals surface area contributed by atoms with E-state index in [4.69, 9.17) is 20.3 Å². The standard InChI is InChI=1S/C9H18N2O4/c1-12-8(10)3-5-14-7-15-6-4-9(11)13-2/h10-11H,3-7H2,1-2H3. The molecule has 0 spiro atoms. The SMILES string of the molecule is COC(=N)CCOCOCCC(=N)OC. The van der Waals surface area contributed by atoms with E-state index in [1.54, 1.807) is 0 Å². The Kier molecular flexibility index (Phi) is 8.70. The number of nitrogens with one attached hydrogen (secondary N) is 2. The Bertz CT molecular complexity index is 177. The van der Waals surface area contributed by atoms with Crippen molar-refractivity contribution in [2.24, 2.45) is 0 Å². The second-order valence-corrected chi connectivity index (χ2v) is 2.69. The lowest BCUT2D eigenvalue weighted by molar-refractivity contribution is -0.0504. The first-order valence-electron chi connectivity index (χ1n) is 4.59. The summed E-state index contributed by atoms with van der Waals surface area (Å²) in [6, 6.07) is 0. The van der Waals surface area contributed by atoms with Crippen LogP contribution in [0.5, 0.6) is 0 Å². The molecule has 0 amide bonds. The number of rotatable bonds is 8. The van der Waals surface area contributed by atoms with E-state index in [1.165, 1.54) is 14.2 Å². The predicted molar refractivity (Wildman–Crippen MR) is 55.5 cm³/mol. The zero-order valence-corrected chi connectivity index (χ0v) is 9.17. The van der Waals surface area contributed by atoms with Crippen LogP contribution in [0, 0.1) is 10.8 Å². The minimum atomic E-state index is 0.161. The topological polar surface area (TPSA) is 84.6 Å². The summed E-state index contributed by atoms with van der Waals surface area (Å²) >= 11 is 0. The summed E-state index contributed by atoms with van der Waals surface area (Å²) in [4.78, 5) is 0. The molecule has 0 aliphatic carbocycles. The zero-order chi connectivity index (χ0) is 11.5. The molecule has 15 heavy (non-hydrogen) atoms. The van der Waals surface area contributed by atoms with Gasteiger partial charge in [-0.15, -0.1) is 0 Å². The van der Waals surface area contributed by atoms with Gasteiger partial charge in [0.25, 0.3) is 0 Å². The van der Waals surface area contributed by atoms with Crippen LogP contribution in [0.1, 0.15) is 12.8 Å². The Morgan fingerprint density at radius 1 is 0.867 bits per heavy atom. The highest BCUT2D eigenvalue weighted by atomic mass is 16.7. The molecule has 0 radical (unpaired) electrons. The number of ether oxygens (including phenoxy) is 4. The first-order chi connectivity index (χ1) is 7.20. The number of hydrogen-bond acceptors (Lipinski definition) is 6. The molecule has 0 heterocycles. The molecule has 0 unspecified atom stereocenters. The lowest BCUT2D eigenvalue weighted by atomic mass is 10.4. The highest BCUT2D eigenvalue weighted by molar-refractivity contribution is 5.72. The van der Waals surface area contributed by atoms with Crippen LogP contribution in [0.4, 0.5) is 0 Å². The molecule has 0 aromatic rings. The summed E-state index contributed by atoms with van der Waals surface area (Å²) in [5.74, 6) is 0.382. The van der Waals surface area contributed by atoms with Crippen LogP contribution in [0.3, 0.4) is 0 Å². The van der Waals surface area contributed by atoms with E-state index in [9.17, 15) is 0 Å². The fraction of sp³-hybridized carbons (Fsp3) is 0.778. The van der Waals surface area contributed by atoms with Crippen molar-refractivity contribution in [1.82, 2.24) is 0 Å². The lowest BCUT2D eigenvalue weighted by Crippen LogP contribution is -2.10. The number of hydrogen-bond donors (Lipinski definition) is 2. The van der Waals surface area contributed by atoms with Crippen LogP contribution < -0.4 is 0 Å². The average molecular weight is 218 g/mol. The molecule has 6 heteroatoms. The van der Waals surface area contributed by atoms with Gasteiger partial charge < -0.3 is 18.9 Å². The largest absolute Gasteiger partial charge is 0.484 e. The summed E-state index contributed by atoms with van der Waals surface area (Å²) in [5, 5.41) is 14.3. The molecule has 0 aliphatic heterocycles. The van der Waals surface area contributed by atoms with Crippen molar-refractivity contribution in [1.29, 1.82) is 10.8 Å². The van der Waals surface area contributed by atoms with Gasteiger partial charge in [-0.05, 0) is 0 Å². The predicted octanol–water partition coefficient (Wildman–Crippen LogP) is 1.00. The van der Waals surface area contributed by atoms with Crippen molar-refractivity contribution in [3.63, 3.8) is 0 Å². The van der Waals surface area contributed by atoms with Crippen LogP contribution in [0.2, 0.25) is 0 Å². The van der Waals surface area contributed by atoms with Gasteiger partial charge in [-0.1, -0.05) is 0 Å². The van der Waals surface area contributed by atoms with Gasteiger partial charge in [-0.2, -0.15) is 0 Å². The summed E-state index contributed by atoms with van der Waals surface area (Å²) in [7, 11) is 2.91. The maximum Gasteiger partial charge on any atom is 0.182 e. The molecule has 0 bridgehead atoms. The van der Waals surface area contributed by atoms with Gasteiger partial charge in [0.15, 0.2) is 11.8 Å². The van der Waals surface area contributed by atoms with Crippen LogP contribution in [-0.4, -0.2) is 46.0 Å². The molecule has 88 valence electrons. The molecule has 0 aromatic heterocycles. The number of methoxy groups -OCH3 is 2. The van der Waals surface area contributed by atoms with Gasteiger partial charge in [0.2, 0.25) is 0 Å². The maximum atomic E-state index is 7.15. The summed E-state index contributed by atoms with van der Waals surface area (Å²) in [6.07, 6.45) is 0.876. The molecule has 0 aromatic carbocycles. The first-order valence-corrected chi connectivity index (χ1v) is 4.59. The van der Waals surface area contributed by atoms with Crippen molar-refractivity contribution >= 4 is 11.8 Å². The van der Waals surface area contributed by atoms with E-state index in [0.717, 1.165) is 0 Å². The smallest absolute Gasteiger partial charge is 0.182 e.